The highest BCUT2D eigenvalue weighted by Crippen LogP contribution is 2.37. The molecule has 536 valence electrons. The van der Waals surface area contributed by atoms with Crippen LogP contribution in [0.5, 0.6) is 5.75 Å². The number of anilines is 2. The molecule has 0 spiro atoms. The van der Waals surface area contributed by atoms with E-state index in [0.717, 1.165) is 5.56 Å². The first-order valence-corrected chi connectivity index (χ1v) is 30.8. The van der Waals surface area contributed by atoms with Crippen molar-refractivity contribution >= 4 is 40.8 Å². The molecular formula is C55H91N3O33S2. The second-order valence-corrected chi connectivity index (χ2v) is 23.9. The fourth-order valence-electron chi connectivity index (χ4n) is 9.37. The molecule has 28 N–H and O–H groups in total. The number of hydrogen-bond donors (Lipinski definition) is 26. The molecule has 0 aromatic heterocycles. The predicted octanol–water partition coefficient (Wildman–Crippen LogP) is -11.4. The molecule has 36 nitrogen and oxygen atoms in total. The van der Waals surface area contributed by atoms with E-state index in [2.05, 4.69) is 11.9 Å². The summed E-state index contributed by atoms with van der Waals surface area (Å²) in [6.07, 6.45) is -31.5. The third kappa shape index (κ3) is 22.5. The SMILES string of the molecule is C=CCOC1OC(CO)C(O)C(O)C1O.CC(=O)NC1C(Oc2ccc(N)cc2)OC(CO)C(O)C1O.COC1OC(CO)C(O)C(O)C1O.Nc1ccc(CSC2OC(CO)C(O)C(O)C2O)cc1.OCC1OC(SC2OC(CO)C(O)C(O)C2O)C(O)C(O)C1O. The van der Waals surface area contributed by atoms with Gasteiger partial charge in [0, 0.05) is 31.2 Å². The van der Waals surface area contributed by atoms with Crippen LogP contribution in [0.1, 0.15) is 12.5 Å². The van der Waals surface area contributed by atoms with E-state index in [9.17, 15) is 96.7 Å². The van der Waals surface area contributed by atoms with E-state index in [1.165, 1.54) is 31.9 Å². The minimum Gasteiger partial charge on any atom is -0.463 e. The van der Waals surface area contributed by atoms with E-state index < -0.39 is 227 Å². The van der Waals surface area contributed by atoms with E-state index >= 15 is 0 Å². The summed E-state index contributed by atoms with van der Waals surface area (Å²) in [6.45, 7) is 1.83. The van der Waals surface area contributed by atoms with Crippen LogP contribution in [0.25, 0.3) is 0 Å². The lowest BCUT2D eigenvalue weighted by Crippen LogP contribution is -2.65. The zero-order valence-corrected chi connectivity index (χ0v) is 51.9. The van der Waals surface area contributed by atoms with Gasteiger partial charge in [0.05, 0.1) is 46.2 Å². The van der Waals surface area contributed by atoms with E-state index in [1.807, 2.05) is 12.1 Å². The molecule has 2 aromatic rings. The maximum Gasteiger partial charge on any atom is 0.223 e. The Hall–Kier alpha value is -3.49. The maximum absolute atomic E-state index is 11.3. The van der Waals surface area contributed by atoms with Crippen LogP contribution in [0.15, 0.2) is 61.2 Å². The summed E-state index contributed by atoms with van der Waals surface area (Å²) in [4.78, 5) is 11.3. The second kappa shape index (κ2) is 39.8. The number of nitrogens with one attached hydrogen (secondary N) is 1. The molecule has 30 atom stereocenters. The molecule has 2 aromatic carbocycles. The molecule has 38 heteroatoms. The number of thioether (sulfide) groups is 2. The minimum atomic E-state index is -1.58. The van der Waals surface area contributed by atoms with Crippen molar-refractivity contribution < 1.29 is 165 Å². The lowest BCUT2D eigenvalue weighted by molar-refractivity contribution is -0.298. The fraction of sp³-hybridized carbons (Fsp3) is 0.727. The molecule has 6 saturated heterocycles. The van der Waals surface area contributed by atoms with Gasteiger partial charge in [-0.25, -0.2) is 0 Å². The molecule has 8 rings (SSSR count). The molecule has 6 aliphatic heterocycles. The van der Waals surface area contributed by atoms with Gasteiger partial charge in [-0.2, -0.15) is 0 Å². The molecule has 0 radical (unpaired) electrons. The van der Waals surface area contributed by atoms with Crippen molar-refractivity contribution in [1.29, 1.82) is 0 Å². The number of benzene rings is 2. The quantitative estimate of drug-likeness (QED) is 0.0487. The molecule has 6 heterocycles. The average Bonchev–Trinajstić information content (AvgIpc) is 0.888. The van der Waals surface area contributed by atoms with Gasteiger partial charge in [0.15, 0.2) is 12.6 Å². The van der Waals surface area contributed by atoms with Crippen molar-refractivity contribution in [3.8, 4) is 5.75 Å². The summed E-state index contributed by atoms with van der Waals surface area (Å²) >= 11 is 1.99. The van der Waals surface area contributed by atoms with Crippen molar-refractivity contribution in [2.75, 3.05) is 64.8 Å². The number of carbonyl (C=O) groups is 1. The summed E-state index contributed by atoms with van der Waals surface area (Å²) in [5, 5.41) is 221. The van der Waals surface area contributed by atoms with Crippen LogP contribution in [0.3, 0.4) is 0 Å². The zero-order valence-electron chi connectivity index (χ0n) is 50.2. The Bertz CT molecular complexity index is 2370. The van der Waals surface area contributed by atoms with Crippen LogP contribution in [-0.4, -0.2) is 358 Å². The largest absolute Gasteiger partial charge is 0.463 e. The first-order chi connectivity index (χ1) is 44.0. The van der Waals surface area contributed by atoms with Crippen LogP contribution in [-0.2, 0) is 48.4 Å². The van der Waals surface area contributed by atoms with E-state index in [-0.39, 0.29) is 6.61 Å². The summed E-state index contributed by atoms with van der Waals surface area (Å²) in [5.41, 5.74) is 10.4. The Balaban J connectivity index is 0.000000251. The van der Waals surface area contributed by atoms with Gasteiger partial charge in [0.2, 0.25) is 12.2 Å². The van der Waals surface area contributed by atoms with Crippen LogP contribution >= 0.6 is 23.5 Å². The van der Waals surface area contributed by atoms with Crippen molar-refractivity contribution in [3.63, 3.8) is 0 Å². The third-order valence-corrected chi connectivity index (χ3v) is 17.4. The number of aliphatic hydroxyl groups is 23. The molecule has 0 saturated carbocycles. The summed E-state index contributed by atoms with van der Waals surface area (Å²) < 4.78 is 46.7. The Labute approximate surface area is 540 Å². The highest BCUT2D eigenvalue weighted by molar-refractivity contribution is 8.00. The number of nitrogen functional groups attached to an aromatic ring is 2. The molecule has 1 amide bonds. The molecule has 6 aliphatic rings. The number of aliphatic hydroxyl groups excluding tert-OH is 23. The number of hydrogen-bond acceptors (Lipinski definition) is 37. The van der Waals surface area contributed by atoms with Gasteiger partial charge >= 0.3 is 0 Å². The Morgan fingerprint density at radius 3 is 1.18 bits per heavy atom. The monoisotopic (exact) mass is 1390 g/mol. The van der Waals surface area contributed by atoms with Gasteiger partial charge in [0.1, 0.15) is 168 Å². The van der Waals surface area contributed by atoms with Crippen molar-refractivity contribution in [3.05, 3.63) is 66.7 Å². The number of amides is 1. The Kier molecular flexibility index (Phi) is 35.1. The zero-order chi connectivity index (χ0) is 69.7. The van der Waals surface area contributed by atoms with Crippen LogP contribution in [0.4, 0.5) is 11.4 Å². The average molecular weight is 1390 g/mol. The van der Waals surface area contributed by atoms with Gasteiger partial charge in [-0.05, 0) is 42.0 Å². The summed E-state index contributed by atoms with van der Waals surface area (Å²) in [6, 6.07) is 12.8. The van der Waals surface area contributed by atoms with E-state index in [1.54, 1.807) is 36.4 Å². The molecule has 30 unspecified atom stereocenters. The Morgan fingerprint density at radius 1 is 0.462 bits per heavy atom. The predicted molar refractivity (Wildman–Crippen MR) is 319 cm³/mol. The molecule has 0 bridgehead atoms. The molecule has 0 aliphatic carbocycles. The third-order valence-electron chi connectivity index (χ3n) is 14.9. The van der Waals surface area contributed by atoms with Gasteiger partial charge in [0.25, 0.3) is 0 Å². The maximum atomic E-state index is 11.3. The lowest BCUT2D eigenvalue weighted by Gasteiger charge is -2.44. The number of carbonyl (C=O) groups excluding carboxylic acids is 1. The first-order valence-electron chi connectivity index (χ1n) is 28.8. The second-order valence-electron chi connectivity index (χ2n) is 21.7. The minimum absolute atomic E-state index is 0.142. The lowest BCUT2D eigenvalue weighted by atomic mass is 9.97. The van der Waals surface area contributed by atoms with Gasteiger partial charge in [-0.1, -0.05) is 30.0 Å². The number of methoxy groups -OCH3 is 1. The van der Waals surface area contributed by atoms with Crippen molar-refractivity contribution in [1.82, 2.24) is 5.32 Å². The topological polar surface area (TPSA) is 630 Å². The number of nitrogens with two attached hydrogens (primary N) is 2. The molecular weight excluding hydrogens is 1290 g/mol. The fourth-order valence-corrected chi connectivity index (χ4v) is 11.8. The van der Waals surface area contributed by atoms with Gasteiger partial charge < -0.3 is 177 Å². The standard InChI is InChI=1S/C14H20N2O6.C13H19NO5S.C12H22O10S.C9H16O6.C7H14O6/c1-7(18)16-11-13(20)12(19)10(6-17)22-14(11)21-9-4-2-8(15)3-5-9;14-8-3-1-7(2-4-8)6-20-13-12(18)11(17)10(16)9(5-15)19-13;13-1-3-5(15)7(17)9(19)11(21-3)23-12-10(20)8(18)6(16)4(2-14)22-12;1-2-3-14-9-8(13)7(12)6(11)5(4-10)15-9;1-12-7-6(11)5(10)4(9)3(2-8)13-7/h2-5,10-14,17,19-20H,6,15H2,1H3,(H,16,18);1-4,9-13,15-18H,5-6,14H2;3-20H,1-2H2;2,5-13H,1,3-4H2;3-11H,2H2,1H3. The van der Waals surface area contributed by atoms with E-state index in [4.69, 9.17) is 79.6 Å². The number of rotatable bonds is 18. The Morgan fingerprint density at radius 2 is 0.796 bits per heavy atom. The van der Waals surface area contributed by atoms with Crippen LogP contribution in [0.2, 0.25) is 0 Å². The molecule has 93 heavy (non-hydrogen) atoms. The highest BCUT2D eigenvalue weighted by Gasteiger charge is 2.51. The summed E-state index contributed by atoms with van der Waals surface area (Å²) in [5.74, 6) is 0.561. The highest BCUT2D eigenvalue weighted by atomic mass is 32.2. The van der Waals surface area contributed by atoms with E-state index in [0.29, 0.717) is 34.6 Å². The van der Waals surface area contributed by atoms with Crippen molar-refractivity contribution in [2.45, 2.75) is 194 Å². The summed E-state index contributed by atoms with van der Waals surface area (Å²) in [7, 11) is 1.30. The normalized spacial score (nSPS) is 40.7. The van der Waals surface area contributed by atoms with Crippen molar-refractivity contribution in [2.24, 2.45) is 0 Å². The van der Waals surface area contributed by atoms with Gasteiger partial charge in [-0.15, -0.1) is 18.3 Å². The smallest absolute Gasteiger partial charge is 0.223 e. The number of ether oxygens (including phenoxy) is 9. The van der Waals surface area contributed by atoms with Crippen LogP contribution < -0.4 is 21.5 Å². The molecule has 6 fully saturated rings. The van der Waals surface area contributed by atoms with Crippen LogP contribution in [0, 0.1) is 0 Å². The first kappa shape index (κ1) is 81.9. The van der Waals surface area contributed by atoms with Gasteiger partial charge in [-0.3, -0.25) is 4.79 Å².